The summed E-state index contributed by atoms with van der Waals surface area (Å²) in [5.74, 6) is 0.0864. The number of allylic oxidation sites excluding steroid dienone is 2. The average molecular weight is 323 g/mol. The maximum atomic E-state index is 13.0. The highest BCUT2D eigenvalue weighted by atomic mass is 32.2. The zero-order valence-electron chi connectivity index (χ0n) is 14.2. The molecule has 22 heavy (non-hydrogen) atoms. The van der Waals surface area contributed by atoms with Crippen LogP contribution in [0.25, 0.3) is 0 Å². The molecule has 0 spiro atoms. The molecule has 2 nitrogen and oxygen atoms in total. The van der Waals surface area contributed by atoms with E-state index >= 15 is 0 Å². The molecule has 1 saturated heterocycles. The maximum absolute atomic E-state index is 13.0. The number of carbonyl (C=O) groups is 2. The van der Waals surface area contributed by atoms with Gasteiger partial charge in [0.05, 0.1) is 4.75 Å². The monoisotopic (exact) mass is 322 g/mol. The molecule has 0 aromatic heterocycles. The fourth-order valence-corrected chi connectivity index (χ4v) is 4.68. The number of rotatable bonds is 11. The molecule has 0 aromatic carbocycles. The Morgan fingerprint density at radius 2 is 1.55 bits per heavy atom. The van der Waals surface area contributed by atoms with Crippen LogP contribution in [0.2, 0.25) is 0 Å². The smallest absolute Gasteiger partial charge is 0.204 e. The lowest BCUT2D eigenvalue weighted by Gasteiger charge is -2.26. The van der Waals surface area contributed by atoms with Gasteiger partial charge in [0.15, 0.2) is 5.78 Å². The lowest BCUT2D eigenvalue weighted by atomic mass is 9.73. The van der Waals surface area contributed by atoms with Crippen LogP contribution in [-0.2, 0) is 9.59 Å². The zero-order valence-corrected chi connectivity index (χ0v) is 15.0. The predicted octanol–water partition coefficient (Wildman–Crippen LogP) is 5.48. The summed E-state index contributed by atoms with van der Waals surface area (Å²) in [6.45, 7) is 11.6. The fraction of sp³-hybridized carbons (Fsp3) is 0.684. The molecule has 1 rings (SSSR count). The van der Waals surface area contributed by atoms with E-state index in [1.54, 1.807) is 12.2 Å². The lowest BCUT2D eigenvalue weighted by Crippen LogP contribution is -2.39. The Bertz CT molecular complexity index is 417. The van der Waals surface area contributed by atoms with E-state index in [0.717, 1.165) is 19.3 Å². The largest absolute Gasteiger partial charge is 0.297 e. The van der Waals surface area contributed by atoms with Crippen LogP contribution < -0.4 is 0 Å². The average Bonchev–Trinajstić information content (AvgIpc) is 2.66. The topological polar surface area (TPSA) is 34.1 Å². The highest BCUT2D eigenvalue weighted by Crippen LogP contribution is 2.52. The maximum Gasteiger partial charge on any atom is 0.204 e. The molecule has 0 saturated carbocycles. The van der Waals surface area contributed by atoms with Crippen molar-refractivity contribution in [2.24, 2.45) is 5.41 Å². The molecule has 124 valence electrons. The molecule has 1 aliphatic heterocycles. The quantitative estimate of drug-likeness (QED) is 0.287. The molecule has 1 heterocycles. The van der Waals surface area contributed by atoms with Gasteiger partial charge in [-0.3, -0.25) is 9.59 Å². The van der Waals surface area contributed by atoms with Crippen LogP contribution in [0, 0.1) is 5.41 Å². The van der Waals surface area contributed by atoms with Crippen LogP contribution >= 0.6 is 11.8 Å². The van der Waals surface area contributed by atoms with Crippen LogP contribution in [0.4, 0.5) is 0 Å². The van der Waals surface area contributed by atoms with Gasteiger partial charge in [-0.1, -0.05) is 69.4 Å². The normalized spacial score (nSPS) is 23.7. The molecule has 0 N–H and O–H groups in total. The molecule has 1 fully saturated rings. The molecule has 0 radical (unpaired) electrons. The van der Waals surface area contributed by atoms with E-state index < -0.39 is 10.2 Å². The minimum absolute atomic E-state index is 0.00535. The third-order valence-corrected chi connectivity index (χ3v) is 6.03. The Labute approximate surface area is 139 Å². The summed E-state index contributed by atoms with van der Waals surface area (Å²) in [6, 6.07) is 0. The summed E-state index contributed by atoms with van der Waals surface area (Å²) in [7, 11) is 0. The standard InChI is InChI=1S/C19H30O2S/c1-5-8-9-10-11-12-15-18(4)16(20)19(13-6-2,14-7-3)17(21)22-18/h6-7H,2-3,5,8-15H2,1,4H3/t18-/m0/s1. The Balaban J connectivity index is 2.67. The second-order valence-corrected chi connectivity index (χ2v) is 8.01. The second-order valence-electron chi connectivity index (χ2n) is 6.53. The minimum Gasteiger partial charge on any atom is -0.297 e. The van der Waals surface area contributed by atoms with Crippen molar-refractivity contribution in [2.75, 3.05) is 0 Å². The first-order chi connectivity index (χ1) is 10.5. The van der Waals surface area contributed by atoms with E-state index in [4.69, 9.17) is 0 Å². The van der Waals surface area contributed by atoms with Crippen molar-refractivity contribution in [2.45, 2.75) is 76.4 Å². The van der Waals surface area contributed by atoms with E-state index in [-0.39, 0.29) is 10.9 Å². The van der Waals surface area contributed by atoms with E-state index in [0.29, 0.717) is 12.8 Å². The van der Waals surface area contributed by atoms with Gasteiger partial charge in [-0.2, -0.15) is 0 Å². The van der Waals surface area contributed by atoms with Crippen LogP contribution in [0.3, 0.4) is 0 Å². The molecule has 1 aliphatic rings. The molecule has 1 atom stereocenters. The Morgan fingerprint density at radius 3 is 2.09 bits per heavy atom. The van der Waals surface area contributed by atoms with Gasteiger partial charge < -0.3 is 0 Å². The molecule has 0 amide bonds. The van der Waals surface area contributed by atoms with E-state index in [1.807, 2.05) is 6.92 Å². The number of thioether (sulfide) groups is 1. The number of ketones is 1. The first kappa shape index (κ1) is 19.2. The summed E-state index contributed by atoms with van der Waals surface area (Å²) >= 11 is 1.25. The van der Waals surface area contributed by atoms with Crippen molar-refractivity contribution >= 4 is 22.7 Å². The molecular weight excluding hydrogens is 292 g/mol. The molecule has 0 aromatic rings. The van der Waals surface area contributed by atoms with Crippen molar-refractivity contribution in [3.8, 4) is 0 Å². The van der Waals surface area contributed by atoms with Gasteiger partial charge in [0.2, 0.25) is 5.12 Å². The fourth-order valence-electron chi connectivity index (χ4n) is 3.28. The first-order valence-corrected chi connectivity index (χ1v) is 9.28. The number of carbonyl (C=O) groups excluding carboxylic acids is 2. The Hall–Kier alpha value is -0.830. The van der Waals surface area contributed by atoms with Crippen molar-refractivity contribution in [3.05, 3.63) is 25.3 Å². The first-order valence-electron chi connectivity index (χ1n) is 8.47. The summed E-state index contributed by atoms with van der Waals surface area (Å²) < 4.78 is -0.562. The van der Waals surface area contributed by atoms with Gasteiger partial charge >= 0.3 is 0 Å². The van der Waals surface area contributed by atoms with Crippen molar-refractivity contribution in [1.82, 2.24) is 0 Å². The van der Waals surface area contributed by atoms with Crippen molar-refractivity contribution in [3.63, 3.8) is 0 Å². The third kappa shape index (κ3) is 4.13. The van der Waals surface area contributed by atoms with Crippen LogP contribution in [0.5, 0.6) is 0 Å². The number of hydrogen-bond donors (Lipinski definition) is 0. The molecule has 3 heteroatoms. The summed E-state index contributed by atoms with van der Waals surface area (Å²) in [5.41, 5.74) is -0.912. The third-order valence-electron chi connectivity index (χ3n) is 4.62. The van der Waals surface area contributed by atoms with Gasteiger partial charge in [-0.25, -0.2) is 0 Å². The SMILES string of the molecule is C=CCC1(CC=C)C(=O)S[C@@](C)(CCCCCCCC)C1=O. The lowest BCUT2D eigenvalue weighted by molar-refractivity contribution is -0.135. The summed E-state index contributed by atoms with van der Waals surface area (Å²) in [4.78, 5) is 25.5. The number of hydrogen-bond acceptors (Lipinski definition) is 3. The van der Waals surface area contributed by atoms with Gasteiger partial charge in [0, 0.05) is 0 Å². The molecule has 0 unspecified atom stereocenters. The van der Waals surface area contributed by atoms with E-state index in [1.165, 1.54) is 37.4 Å². The highest BCUT2D eigenvalue weighted by molar-refractivity contribution is 8.16. The molecule has 0 aliphatic carbocycles. The second kappa shape index (κ2) is 8.71. The van der Waals surface area contributed by atoms with Crippen LogP contribution in [0.15, 0.2) is 25.3 Å². The minimum atomic E-state index is -0.912. The van der Waals surface area contributed by atoms with E-state index in [2.05, 4.69) is 20.1 Å². The Morgan fingerprint density at radius 1 is 1.00 bits per heavy atom. The van der Waals surface area contributed by atoms with E-state index in [9.17, 15) is 9.59 Å². The highest BCUT2D eigenvalue weighted by Gasteiger charge is 2.59. The van der Waals surface area contributed by atoms with Gasteiger partial charge in [0.1, 0.15) is 5.41 Å². The van der Waals surface area contributed by atoms with Crippen molar-refractivity contribution < 1.29 is 9.59 Å². The molecular formula is C19H30O2S. The van der Waals surface area contributed by atoms with Gasteiger partial charge in [0.25, 0.3) is 0 Å². The summed E-state index contributed by atoms with van der Waals surface area (Å²) in [6.07, 6.45) is 12.2. The van der Waals surface area contributed by atoms with Crippen molar-refractivity contribution in [1.29, 1.82) is 0 Å². The summed E-state index contributed by atoms with van der Waals surface area (Å²) in [5, 5.41) is 0.00535. The van der Waals surface area contributed by atoms with Crippen LogP contribution in [-0.4, -0.2) is 15.6 Å². The molecule has 0 bridgehead atoms. The number of Topliss-reactive ketones (excluding diaryl/α,β-unsaturated/α-hetero) is 1. The van der Waals surface area contributed by atoms with Gasteiger partial charge in [-0.15, -0.1) is 13.2 Å². The van der Waals surface area contributed by atoms with Gasteiger partial charge in [-0.05, 0) is 26.2 Å². The predicted molar refractivity (Wildman–Crippen MR) is 96.1 cm³/mol. The number of unbranched alkanes of at least 4 members (excludes halogenated alkanes) is 5. The Kier molecular flexibility index (Phi) is 7.61. The van der Waals surface area contributed by atoms with Crippen LogP contribution in [0.1, 0.15) is 71.6 Å². The zero-order chi connectivity index (χ0) is 16.6.